The molecule has 23 heavy (non-hydrogen) atoms. The van der Waals surface area contributed by atoms with Gasteiger partial charge in [0.2, 0.25) is 0 Å². The van der Waals surface area contributed by atoms with Crippen LogP contribution in [0.4, 0.5) is 10.5 Å². The van der Waals surface area contributed by atoms with E-state index in [9.17, 15) is 14.7 Å². The Morgan fingerprint density at radius 3 is 2.91 bits per heavy atom. The maximum absolute atomic E-state index is 12.0. The number of aliphatic hydroxyl groups is 1. The first-order valence-corrected chi connectivity index (χ1v) is 8.51. The number of amides is 2. The quantitative estimate of drug-likeness (QED) is 0.802. The Morgan fingerprint density at radius 2 is 2.09 bits per heavy atom. The number of ketones is 1. The molecule has 0 aromatic heterocycles. The molecule has 0 heterocycles. The smallest absolute Gasteiger partial charge is 0.319 e. The summed E-state index contributed by atoms with van der Waals surface area (Å²) in [6.07, 6.45) is 5.88. The van der Waals surface area contributed by atoms with Crippen molar-refractivity contribution >= 4 is 17.5 Å². The first-order chi connectivity index (χ1) is 11.1. The number of hydrogen-bond donors (Lipinski definition) is 3. The Labute approximate surface area is 136 Å². The minimum atomic E-state index is -0.256. The minimum absolute atomic E-state index is 0.159. The third kappa shape index (κ3) is 4.10. The van der Waals surface area contributed by atoms with Crippen molar-refractivity contribution in [3.05, 3.63) is 29.3 Å². The van der Waals surface area contributed by atoms with Crippen LogP contribution in [0.3, 0.4) is 0 Å². The van der Waals surface area contributed by atoms with Crippen LogP contribution < -0.4 is 10.6 Å². The molecule has 0 bridgehead atoms. The zero-order valence-electron chi connectivity index (χ0n) is 13.3. The number of carbonyl (C=O) groups is 2. The second kappa shape index (κ2) is 7.13. The monoisotopic (exact) mass is 316 g/mol. The number of aryl methyl sites for hydroxylation is 1. The number of Topliss-reactive ketones (excluding diaryl/α,β-unsaturated/α-hetero) is 1. The first kappa shape index (κ1) is 16.0. The second-order valence-corrected chi connectivity index (χ2v) is 6.67. The molecule has 2 amide bonds. The number of rotatable bonds is 3. The van der Waals surface area contributed by atoms with Gasteiger partial charge < -0.3 is 15.7 Å². The van der Waals surface area contributed by atoms with E-state index < -0.39 is 0 Å². The largest absolute Gasteiger partial charge is 0.393 e. The van der Waals surface area contributed by atoms with Crippen molar-refractivity contribution in [3.8, 4) is 0 Å². The molecule has 5 heteroatoms. The molecule has 0 spiro atoms. The molecule has 5 nitrogen and oxygen atoms in total. The fourth-order valence-corrected chi connectivity index (χ4v) is 3.57. The van der Waals surface area contributed by atoms with E-state index in [-0.39, 0.29) is 17.9 Å². The summed E-state index contributed by atoms with van der Waals surface area (Å²) in [5, 5.41) is 15.3. The number of nitrogens with one attached hydrogen (secondary N) is 2. The van der Waals surface area contributed by atoms with Gasteiger partial charge in [0, 0.05) is 24.2 Å². The Balaban J connectivity index is 1.53. The van der Waals surface area contributed by atoms with E-state index in [0.29, 0.717) is 24.6 Å². The van der Waals surface area contributed by atoms with Gasteiger partial charge in [-0.05, 0) is 55.7 Å². The fourth-order valence-electron chi connectivity index (χ4n) is 3.57. The molecule has 2 atom stereocenters. The molecule has 3 rings (SSSR count). The number of carbonyl (C=O) groups excluding carboxylic acids is 2. The number of urea groups is 1. The van der Waals surface area contributed by atoms with E-state index in [1.807, 2.05) is 12.1 Å². The Morgan fingerprint density at radius 1 is 1.22 bits per heavy atom. The van der Waals surface area contributed by atoms with Crippen LogP contribution in [0.2, 0.25) is 0 Å². The van der Waals surface area contributed by atoms with Gasteiger partial charge in [0.25, 0.3) is 0 Å². The van der Waals surface area contributed by atoms with Crippen molar-refractivity contribution in [3.63, 3.8) is 0 Å². The number of fused-ring (bicyclic) bond motifs is 1. The molecule has 2 aliphatic carbocycles. The van der Waals surface area contributed by atoms with Crippen molar-refractivity contribution in [2.24, 2.45) is 5.92 Å². The van der Waals surface area contributed by atoms with E-state index in [4.69, 9.17) is 0 Å². The van der Waals surface area contributed by atoms with Crippen molar-refractivity contribution in [2.45, 2.75) is 51.0 Å². The summed E-state index contributed by atoms with van der Waals surface area (Å²) in [5.41, 5.74) is 2.47. The molecule has 2 unspecified atom stereocenters. The average molecular weight is 316 g/mol. The zero-order valence-corrected chi connectivity index (χ0v) is 13.3. The van der Waals surface area contributed by atoms with Crippen molar-refractivity contribution in [1.29, 1.82) is 0 Å². The van der Waals surface area contributed by atoms with Gasteiger partial charge in [0.1, 0.15) is 0 Å². The van der Waals surface area contributed by atoms with Gasteiger partial charge >= 0.3 is 6.03 Å². The molecule has 3 N–H and O–H groups in total. The summed E-state index contributed by atoms with van der Waals surface area (Å²) < 4.78 is 0. The summed E-state index contributed by atoms with van der Waals surface area (Å²) in [5.74, 6) is 0.501. The number of hydrogen-bond acceptors (Lipinski definition) is 3. The van der Waals surface area contributed by atoms with E-state index in [1.165, 1.54) is 0 Å². The molecule has 1 aromatic carbocycles. The Kier molecular flexibility index (Phi) is 4.96. The van der Waals surface area contributed by atoms with Gasteiger partial charge in [-0.2, -0.15) is 0 Å². The minimum Gasteiger partial charge on any atom is -0.393 e. The molecule has 0 saturated heterocycles. The predicted octanol–water partition coefficient (Wildman–Crippen LogP) is 2.88. The average Bonchev–Trinajstić information content (AvgIpc) is 2.54. The lowest BCUT2D eigenvalue weighted by atomic mass is 9.87. The van der Waals surface area contributed by atoms with Gasteiger partial charge in [0.05, 0.1) is 6.10 Å². The topological polar surface area (TPSA) is 78.4 Å². The standard InChI is InChI=1S/C18H24N2O3/c21-15-5-1-3-12(9-15)11-19-18(23)20-14-8-7-13-4-2-6-17(22)16(13)10-14/h7-8,10,12,15,21H,1-6,9,11H2,(H2,19,20,23). The summed E-state index contributed by atoms with van der Waals surface area (Å²) >= 11 is 0. The molecule has 1 aromatic rings. The Bertz CT molecular complexity index is 600. The highest BCUT2D eigenvalue weighted by Crippen LogP contribution is 2.25. The van der Waals surface area contributed by atoms with Crippen LogP contribution in [0.25, 0.3) is 0 Å². The molecule has 1 saturated carbocycles. The highest BCUT2D eigenvalue weighted by molar-refractivity contribution is 6.00. The lowest BCUT2D eigenvalue weighted by molar-refractivity contribution is 0.0972. The van der Waals surface area contributed by atoms with Crippen LogP contribution in [-0.2, 0) is 6.42 Å². The fraction of sp³-hybridized carbons (Fsp3) is 0.556. The highest BCUT2D eigenvalue weighted by atomic mass is 16.3. The van der Waals surface area contributed by atoms with Crippen LogP contribution in [0.1, 0.15) is 54.4 Å². The lowest BCUT2D eigenvalue weighted by Gasteiger charge is -2.25. The second-order valence-electron chi connectivity index (χ2n) is 6.67. The van der Waals surface area contributed by atoms with E-state index in [0.717, 1.165) is 49.7 Å². The molecular weight excluding hydrogens is 292 g/mol. The van der Waals surface area contributed by atoms with Gasteiger partial charge in [-0.25, -0.2) is 4.79 Å². The maximum Gasteiger partial charge on any atom is 0.319 e. The van der Waals surface area contributed by atoms with Crippen molar-refractivity contribution in [2.75, 3.05) is 11.9 Å². The number of anilines is 1. The molecular formula is C18H24N2O3. The molecule has 124 valence electrons. The van der Waals surface area contributed by atoms with Crippen molar-refractivity contribution in [1.82, 2.24) is 5.32 Å². The van der Waals surface area contributed by atoms with E-state index in [1.54, 1.807) is 6.07 Å². The summed E-state index contributed by atoms with van der Waals surface area (Å²) in [4.78, 5) is 24.0. The maximum atomic E-state index is 12.0. The van der Waals surface area contributed by atoms with Crippen LogP contribution in [0, 0.1) is 5.92 Å². The first-order valence-electron chi connectivity index (χ1n) is 8.51. The SMILES string of the molecule is O=C(NCC1CCCC(O)C1)Nc1ccc2c(c1)C(=O)CCC2. The molecule has 0 radical (unpaired) electrons. The molecule has 0 aliphatic heterocycles. The highest BCUT2D eigenvalue weighted by Gasteiger charge is 2.21. The third-order valence-corrected chi connectivity index (χ3v) is 4.82. The van der Waals surface area contributed by atoms with E-state index >= 15 is 0 Å². The predicted molar refractivity (Wildman–Crippen MR) is 88.7 cm³/mol. The van der Waals surface area contributed by atoms with Crippen LogP contribution in [0.5, 0.6) is 0 Å². The normalized spacial score (nSPS) is 24.0. The summed E-state index contributed by atoms with van der Waals surface area (Å²) in [6, 6.07) is 5.30. The molecule has 2 aliphatic rings. The van der Waals surface area contributed by atoms with Crippen LogP contribution >= 0.6 is 0 Å². The van der Waals surface area contributed by atoms with Gasteiger partial charge in [0.15, 0.2) is 5.78 Å². The number of aliphatic hydroxyl groups excluding tert-OH is 1. The van der Waals surface area contributed by atoms with Gasteiger partial charge in [-0.3, -0.25) is 4.79 Å². The third-order valence-electron chi connectivity index (χ3n) is 4.82. The molecule has 1 fully saturated rings. The summed E-state index contributed by atoms with van der Waals surface area (Å²) in [6.45, 7) is 0.576. The van der Waals surface area contributed by atoms with Crippen LogP contribution in [0.15, 0.2) is 18.2 Å². The Hall–Kier alpha value is -1.88. The number of benzene rings is 1. The zero-order chi connectivity index (χ0) is 16.2. The van der Waals surface area contributed by atoms with Gasteiger partial charge in [-0.1, -0.05) is 12.5 Å². The van der Waals surface area contributed by atoms with Crippen molar-refractivity contribution < 1.29 is 14.7 Å². The van der Waals surface area contributed by atoms with Gasteiger partial charge in [-0.15, -0.1) is 0 Å². The van der Waals surface area contributed by atoms with E-state index in [2.05, 4.69) is 10.6 Å². The van der Waals surface area contributed by atoms with Crippen LogP contribution in [-0.4, -0.2) is 29.6 Å². The summed E-state index contributed by atoms with van der Waals surface area (Å²) in [7, 11) is 0. The lowest BCUT2D eigenvalue weighted by Crippen LogP contribution is -2.35.